The molecule has 1 aliphatic heterocycles. The maximum Gasteiger partial charge on any atom is 0.344 e. The average molecular weight is 372 g/mol. The van der Waals surface area contributed by atoms with Crippen LogP contribution in [0.15, 0.2) is 28.4 Å². The van der Waals surface area contributed by atoms with Gasteiger partial charge in [0, 0.05) is 16.7 Å². The molecule has 1 N–H and O–H groups in total. The minimum Gasteiger partial charge on any atom is -0.479 e. The number of benzene rings is 1. The molecule has 7 nitrogen and oxygen atoms in total. The molecule has 1 heterocycles. The summed E-state index contributed by atoms with van der Waals surface area (Å²) in [7, 11) is 0. The van der Waals surface area contributed by atoms with Crippen LogP contribution >= 0.6 is 0 Å². The highest BCUT2D eigenvalue weighted by molar-refractivity contribution is 6.33. The molecule has 0 saturated heterocycles. The van der Waals surface area contributed by atoms with Crippen molar-refractivity contribution in [2.75, 3.05) is 11.5 Å². The van der Waals surface area contributed by atoms with E-state index in [9.17, 15) is 18.8 Å². The summed E-state index contributed by atoms with van der Waals surface area (Å²) < 4.78 is 14.7. The maximum absolute atomic E-state index is 14.7. The fourth-order valence-corrected chi connectivity index (χ4v) is 3.86. The van der Waals surface area contributed by atoms with Gasteiger partial charge < -0.3 is 9.94 Å². The van der Waals surface area contributed by atoms with Crippen molar-refractivity contribution in [1.29, 1.82) is 0 Å². The van der Waals surface area contributed by atoms with Crippen LogP contribution in [0.1, 0.15) is 43.2 Å². The van der Waals surface area contributed by atoms with Crippen molar-refractivity contribution < 1.29 is 28.7 Å². The molecular formula is C19H17FN2O5. The number of halogens is 1. The molecule has 1 aromatic carbocycles. The number of hydrogen-bond acceptors (Lipinski definition) is 5. The first-order valence-corrected chi connectivity index (χ1v) is 8.81. The Morgan fingerprint density at radius 3 is 2.41 bits per heavy atom. The highest BCUT2D eigenvalue weighted by Crippen LogP contribution is 2.38. The summed E-state index contributed by atoms with van der Waals surface area (Å²) >= 11 is 0. The van der Waals surface area contributed by atoms with Gasteiger partial charge in [0.15, 0.2) is 0 Å². The molecule has 2 amide bonds. The number of hydrogen-bond donors (Lipinski definition) is 1. The van der Waals surface area contributed by atoms with Crippen LogP contribution in [0.5, 0.6) is 0 Å². The molecule has 3 aliphatic rings. The van der Waals surface area contributed by atoms with Gasteiger partial charge in [0.05, 0.1) is 11.4 Å². The number of carboxylic acids is 1. The van der Waals surface area contributed by atoms with Gasteiger partial charge in [-0.2, -0.15) is 0 Å². The summed E-state index contributed by atoms with van der Waals surface area (Å²) in [5, 5.41) is 12.5. The lowest BCUT2D eigenvalue weighted by molar-refractivity contribution is -0.142. The third-order valence-electron chi connectivity index (χ3n) is 5.11. The number of imide groups is 1. The van der Waals surface area contributed by atoms with E-state index < -0.39 is 30.2 Å². The van der Waals surface area contributed by atoms with E-state index in [1.807, 2.05) is 0 Å². The molecule has 0 bridgehead atoms. The molecule has 0 unspecified atom stereocenters. The second-order valence-electron chi connectivity index (χ2n) is 6.78. The van der Waals surface area contributed by atoms with Gasteiger partial charge in [0.1, 0.15) is 5.82 Å². The van der Waals surface area contributed by atoms with Crippen LogP contribution in [0.3, 0.4) is 0 Å². The second-order valence-corrected chi connectivity index (χ2v) is 6.78. The SMILES string of the molecule is O=C(O)CON=C1CCc2cc(F)c(N3C(=O)C4=C(CCCC4)C3=O)cc21. The van der Waals surface area contributed by atoms with Gasteiger partial charge in [0.2, 0.25) is 6.61 Å². The number of rotatable bonds is 4. The number of carboxylic acid groups (broad SMARTS) is 1. The number of anilines is 1. The molecule has 1 aromatic rings. The van der Waals surface area contributed by atoms with Gasteiger partial charge in [-0.3, -0.25) is 9.59 Å². The maximum atomic E-state index is 14.7. The molecule has 2 aliphatic carbocycles. The lowest BCUT2D eigenvalue weighted by atomic mass is 9.93. The Morgan fingerprint density at radius 1 is 1.11 bits per heavy atom. The number of amides is 2. The largest absolute Gasteiger partial charge is 0.479 e. The van der Waals surface area contributed by atoms with Gasteiger partial charge >= 0.3 is 5.97 Å². The molecule has 0 spiro atoms. The zero-order valence-corrected chi connectivity index (χ0v) is 14.5. The molecule has 0 radical (unpaired) electrons. The Balaban J connectivity index is 1.68. The first kappa shape index (κ1) is 17.4. The topological polar surface area (TPSA) is 96.3 Å². The van der Waals surface area contributed by atoms with E-state index in [1.165, 1.54) is 12.1 Å². The van der Waals surface area contributed by atoms with Gasteiger partial charge in [-0.05, 0) is 56.2 Å². The average Bonchev–Trinajstić information content (AvgIpc) is 3.14. The van der Waals surface area contributed by atoms with Crippen molar-refractivity contribution in [3.63, 3.8) is 0 Å². The monoisotopic (exact) mass is 372 g/mol. The number of oxime groups is 1. The zero-order chi connectivity index (χ0) is 19.1. The van der Waals surface area contributed by atoms with Crippen LogP contribution < -0.4 is 4.90 Å². The lowest BCUT2D eigenvalue weighted by Gasteiger charge is -2.17. The smallest absolute Gasteiger partial charge is 0.344 e. The van der Waals surface area contributed by atoms with Crippen LogP contribution in [0.25, 0.3) is 0 Å². The number of fused-ring (bicyclic) bond motifs is 1. The minimum atomic E-state index is -1.15. The Morgan fingerprint density at radius 2 is 1.78 bits per heavy atom. The van der Waals surface area contributed by atoms with E-state index >= 15 is 0 Å². The quantitative estimate of drug-likeness (QED) is 0.646. The van der Waals surface area contributed by atoms with Gasteiger partial charge in [-0.1, -0.05) is 5.16 Å². The zero-order valence-electron chi connectivity index (χ0n) is 14.5. The summed E-state index contributed by atoms with van der Waals surface area (Å²) in [6, 6.07) is 2.75. The molecule has 0 fully saturated rings. The number of carbonyl (C=O) groups excluding carboxylic acids is 2. The van der Waals surface area contributed by atoms with E-state index in [0.717, 1.165) is 17.7 Å². The van der Waals surface area contributed by atoms with Crippen molar-refractivity contribution in [3.8, 4) is 0 Å². The van der Waals surface area contributed by atoms with E-state index in [2.05, 4.69) is 5.16 Å². The van der Waals surface area contributed by atoms with Gasteiger partial charge in [-0.15, -0.1) is 0 Å². The molecule has 0 aromatic heterocycles. The molecular weight excluding hydrogens is 355 g/mol. The molecule has 8 heteroatoms. The first-order chi connectivity index (χ1) is 13.0. The number of nitrogens with zero attached hydrogens (tertiary/aromatic N) is 2. The predicted octanol–water partition coefficient (Wildman–Crippen LogP) is 2.32. The Kier molecular flexibility index (Phi) is 4.25. The highest BCUT2D eigenvalue weighted by Gasteiger charge is 2.41. The number of carbonyl (C=O) groups is 3. The predicted molar refractivity (Wildman–Crippen MR) is 92.8 cm³/mol. The van der Waals surface area contributed by atoms with Crippen molar-refractivity contribution in [2.24, 2.45) is 5.16 Å². The summed E-state index contributed by atoms with van der Waals surface area (Å²) in [4.78, 5) is 41.6. The molecule has 4 rings (SSSR count). The van der Waals surface area contributed by atoms with Crippen molar-refractivity contribution in [2.45, 2.75) is 38.5 Å². The van der Waals surface area contributed by atoms with Gasteiger partial charge in [0.25, 0.3) is 11.8 Å². The van der Waals surface area contributed by atoms with Crippen LogP contribution in [-0.2, 0) is 25.6 Å². The van der Waals surface area contributed by atoms with Crippen LogP contribution in [0, 0.1) is 5.82 Å². The summed E-state index contributed by atoms with van der Waals surface area (Å²) in [5.74, 6) is -2.69. The van der Waals surface area contributed by atoms with E-state index in [4.69, 9.17) is 9.94 Å². The fraction of sp³-hybridized carbons (Fsp3) is 0.368. The van der Waals surface area contributed by atoms with Crippen LogP contribution in [0.4, 0.5) is 10.1 Å². The van der Waals surface area contributed by atoms with Crippen LogP contribution in [-0.4, -0.2) is 35.2 Å². The van der Waals surface area contributed by atoms with E-state index in [1.54, 1.807) is 0 Å². The Hall–Kier alpha value is -3.03. The second kappa shape index (κ2) is 6.61. The fourth-order valence-electron chi connectivity index (χ4n) is 3.86. The third kappa shape index (κ3) is 2.90. The number of aliphatic carboxylic acids is 1. The third-order valence-corrected chi connectivity index (χ3v) is 5.11. The Labute approximate surface area is 154 Å². The normalized spacial score (nSPS) is 20.3. The van der Waals surface area contributed by atoms with Crippen molar-refractivity contribution in [3.05, 3.63) is 40.2 Å². The summed E-state index contributed by atoms with van der Waals surface area (Å²) in [5.41, 5.74) is 2.62. The molecule has 27 heavy (non-hydrogen) atoms. The van der Waals surface area contributed by atoms with E-state index in [0.29, 0.717) is 53.7 Å². The molecule has 140 valence electrons. The van der Waals surface area contributed by atoms with E-state index in [-0.39, 0.29) is 5.69 Å². The van der Waals surface area contributed by atoms with Crippen LogP contribution in [0.2, 0.25) is 0 Å². The van der Waals surface area contributed by atoms with Crippen molar-refractivity contribution >= 4 is 29.2 Å². The summed E-state index contributed by atoms with van der Waals surface area (Å²) in [6.45, 7) is -0.577. The summed E-state index contributed by atoms with van der Waals surface area (Å²) in [6.07, 6.45) is 3.76. The lowest BCUT2D eigenvalue weighted by Crippen LogP contribution is -2.32. The first-order valence-electron chi connectivity index (χ1n) is 8.81. The minimum absolute atomic E-state index is 0.0917. The standard InChI is InChI=1S/C19H17FN2O5/c20-14-7-10-5-6-15(21-27-9-17(23)24)13(10)8-16(14)22-18(25)11-3-1-2-4-12(11)19(22)26/h7-8H,1-6,9H2,(H,23,24). The van der Waals surface area contributed by atoms with Gasteiger partial charge in [-0.25, -0.2) is 14.1 Å². The molecule has 0 saturated carbocycles. The van der Waals surface area contributed by atoms with Crippen molar-refractivity contribution in [1.82, 2.24) is 0 Å². The number of aryl methyl sites for hydroxylation is 1. The Bertz CT molecular complexity index is 906. The molecule has 0 atom stereocenters. The highest BCUT2D eigenvalue weighted by atomic mass is 19.1.